The highest BCUT2D eigenvalue weighted by atomic mass is 16.5. The maximum Gasteiger partial charge on any atom is 0.141 e. The van der Waals surface area contributed by atoms with Gasteiger partial charge in [0.25, 0.3) is 0 Å². The van der Waals surface area contributed by atoms with E-state index in [1.807, 2.05) is 0 Å². The fraction of sp³-hybridized carbons (Fsp3) is 0.111. The monoisotopic (exact) mass is 147 g/mol. The van der Waals surface area contributed by atoms with Crippen molar-refractivity contribution in [3.63, 3.8) is 0 Å². The number of methoxy groups -OCH3 is 1. The van der Waals surface area contributed by atoms with Gasteiger partial charge in [-0.3, -0.25) is 0 Å². The van der Waals surface area contributed by atoms with Crippen LogP contribution in [0.15, 0.2) is 18.2 Å². The Morgan fingerprint density at radius 2 is 2.27 bits per heavy atom. The first-order valence-corrected chi connectivity index (χ1v) is 3.18. The summed E-state index contributed by atoms with van der Waals surface area (Å²) in [6.45, 7) is 0. The predicted octanol–water partition coefficient (Wildman–Crippen LogP) is 1.26. The van der Waals surface area contributed by atoms with E-state index in [9.17, 15) is 0 Å². The molecule has 0 aliphatic rings. The molecule has 0 bridgehead atoms. The van der Waals surface area contributed by atoms with Crippen molar-refractivity contribution in [2.45, 2.75) is 0 Å². The first kappa shape index (κ1) is 7.49. The molecule has 0 aliphatic carbocycles. The van der Waals surface area contributed by atoms with Gasteiger partial charge in [0.2, 0.25) is 0 Å². The average Bonchev–Trinajstić information content (AvgIpc) is 2.04. The number of hydrogen-bond donors (Lipinski definition) is 1. The maximum atomic E-state index is 5.59. The molecule has 0 saturated heterocycles. The molecule has 0 aromatic heterocycles. The average molecular weight is 147 g/mol. The van der Waals surface area contributed by atoms with Crippen LogP contribution >= 0.6 is 0 Å². The molecule has 0 saturated carbocycles. The van der Waals surface area contributed by atoms with Crippen molar-refractivity contribution < 1.29 is 4.74 Å². The van der Waals surface area contributed by atoms with Crippen LogP contribution in [-0.2, 0) is 0 Å². The van der Waals surface area contributed by atoms with Crippen molar-refractivity contribution >= 4 is 5.69 Å². The molecular formula is C9H9NO. The summed E-state index contributed by atoms with van der Waals surface area (Å²) in [5.41, 5.74) is 6.93. The number of hydrogen-bond acceptors (Lipinski definition) is 2. The van der Waals surface area contributed by atoms with Crippen molar-refractivity contribution in [2.24, 2.45) is 0 Å². The Kier molecular flexibility index (Phi) is 2.03. The summed E-state index contributed by atoms with van der Waals surface area (Å²) in [5, 5.41) is 0. The molecule has 0 fully saturated rings. The van der Waals surface area contributed by atoms with Crippen molar-refractivity contribution in [1.82, 2.24) is 0 Å². The second kappa shape index (κ2) is 2.98. The van der Waals surface area contributed by atoms with Gasteiger partial charge < -0.3 is 10.5 Å². The Labute approximate surface area is 66.0 Å². The Bertz CT molecular complexity index is 299. The SMILES string of the molecule is C#Cc1ccc(OC)c(N)c1. The van der Waals surface area contributed by atoms with Crippen LogP contribution in [-0.4, -0.2) is 7.11 Å². The van der Waals surface area contributed by atoms with E-state index in [4.69, 9.17) is 16.9 Å². The lowest BCUT2D eigenvalue weighted by Gasteiger charge is -2.02. The summed E-state index contributed by atoms with van der Waals surface area (Å²) in [6.07, 6.45) is 5.16. The predicted molar refractivity (Wildman–Crippen MR) is 45.3 cm³/mol. The van der Waals surface area contributed by atoms with E-state index in [2.05, 4.69) is 5.92 Å². The third kappa shape index (κ3) is 1.44. The van der Waals surface area contributed by atoms with Gasteiger partial charge in [0.05, 0.1) is 12.8 Å². The van der Waals surface area contributed by atoms with Gasteiger partial charge in [-0.25, -0.2) is 0 Å². The fourth-order valence-electron chi connectivity index (χ4n) is 0.824. The van der Waals surface area contributed by atoms with Gasteiger partial charge in [-0.1, -0.05) is 5.92 Å². The summed E-state index contributed by atoms with van der Waals surface area (Å²) in [4.78, 5) is 0. The van der Waals surface area contributed by atoms with Gasteiger partial charge in [0.15, 0.2) is 0 Å². The lowest BCUT2D eigenvalue weighted by Crippen LogP contribution is -1.92. The highest BCUT2D eigenvalue weighted by molar-refractivity contribution is 5.56. The molecule has 1 rings (SSSR count). The number of rotatable bonds is 1. The van der Waals surface area contributed by atoms with Crippen molar-refractivity contribution in [3.05, 3.63) is 23.8 Å². The molecule has 2 nitrogen and oxygen atoms in total. The minimum Gasteiger partial charge on any atom is -0.495 e. The molecule has 0 atom stereocenters. The molecule has 0 radical (unpaired) electrons. The first-order valence-electron chi connectivity index (χ1n) is 3.18. The van der Waals surface area contributed by atoms with Crippen LogP contribution in [0.4, 0.5) is 5.69 Å². The Morgan fingerprint density at radius 1 is 1.55 bits per heavy atom. The van der Waals surface area contributed by atoms with Gasteiger partial charge in [-0.2, -0.15) is 0 Å². The smallest absolute Gasteiger partial charge is 0.141 e. The second-order valence-electron chi connectivity index (χ2n) is 2.10. The van der Waals surface area contributed by atoms with Crippen LogP contribution in [0.2, 0.25) is 0 Å². The summed E-state index contributed by atoms with van der Waals surface area (Å²) >= 11 is 0. The summed E-state index contributed by atoms with van der Waals surface area (Å²) in [6, 6.07) is 5.25. The molecule has 0 amide bonds. The van der Waals surface area contributed by atoms with Crippen molar-refractivity contribution in [2.75, 3.05) is 12.8 Å². The highest BCUT2D eigenvalue weighted by Gasteiger charge is 1.97. The number of terminal acetylenes is 1. The van der Waals surface area contributed by atoms with E-state index in [-0.39, 0.29) is 0 Å². The topological polar surface area (TPSA) is 35.2 Å². The van der Waals surface area contributed by atoms with Gasteiger partial charge in [0.1, 0.15) is 5.75 Å². The number of anilines is 1. The first-order chi connectivity index (χ1) is 5.27. The molecule has 0 aliphatic heterocycles. The van der Waals surface area contributed by atoms with Crippen LogP contribution in [0.3, 0.4) is 0 Å². The van der Waals surface area contributed by atoms with Crippen LogP contribution in [0, 0.1) is 12.3 Å². The number of nitrogen functional groups attached to an aromatic ring is 1. The van der Waals surface area contributed by atoms with Gasteiger partial charge >= 0.3 is 0 Å². The Hall–Kier alpha value is -1.62. The summed E-state index contributed by atoms with van der Waals surface area (Å²) in [5.74, 6) is 3.14. The van der Waals surface area contributed by atoms with E-state index in [1.54, 1.807) is 25.3 Å². The standard InChI is InChI=1S/C9H9NO/c1-3-7-4-5-9(11-2)8(10)6-7/h1,4-6H,10H2,2H3. The van der Waals surface area contributed by atoms with E-state index in [0.717, 1.165) is 5.56 Å². The van der Waals surface area contributed by atoms with E-state index >= 15 is 0 Å². The molecular weight excluding hydrogens is 138 g/mol. The third-order valence-corrected chi connectivity index (χ3v) is 1.40. The maximum absolute atomic E-state index is 5.59. The van der Waals surface area contributed by atoms with Crippen LogP contribution in [0.5, 0.6) is 5.75 Å². The highest BCUT2D eigenvalue weighted by Crippen LogP contribution is 2.20. The lowest BCUT2D eigenvalue weighted by atomic mass is 10.2. The third-order valence-electron chi connectivity index (χ3n) is 1.40. The molecule has 11 heavy (non-hydrogen) atoms. The van der Waals surface area contributed by atoms with Crippen molar-refractivity contribution in [1.29, 1.82) is 0 Å². The quantitative estimate of drug-likeness (QED) is 0.479. The number of nitrogens with two attached hydrogens (primary N) is 1. The second-order valence-corrected chi connectivity index (χ2v) is 2.10. The molecule has 0 heterocycles. The zero-order valence-corrected chi connectivity index (χ0v) is 6.29. The Morgan fingerprint density at radius 3 is 2.73 bits per heavy atom. The minimum absolute atomic E-state index is 0.572. The zero-order chi connectivity index (χ0) is 8.27. The van der Waals surface area contributed by atoms with Gasteiger partial charge in [-0.05, 0) is 18.2 Å². The van der Waals surface area contributed by atoms with E-state index in [1.165, 1.54) is 0 Å². The van der Waals surface area contributed by atoms with Crippen LogP contribution in [0.1, 0.15) is 5.56 Å². The normalized spacial score (nSPS) is 8.73. The summed E-state index contributed by atoms with van der Waals surface area (Å²) in [7, 11) is 1.57. The van der Waals surface area contributed by atoms with Gasteiger partial charge in [0, 0.05) is 5.56 Å². The van der Waals surface area contributed by atoms with E-state index in [0.29, 0.717) is 11.4 Å². The van der Waals surface area contributed by atoms with Crippen molar-refractivity contribution in [3.8, 4) is 18.1 Å². The molecule has 1 aromatic carbocycles. The van der Waals surface area contributed by atoms with E-state index < -0.39 is 0 Å². The van der Waals surface area contributed by atoms with Crippen LogP contribution in [0.25, 0.3) is 0 Å². The molecule has 1 aromatic rings. The fourth-order valence-corrected chi connectivity index (χ4v) is 0.824. The summed E-state index contributed by atoms with van der Waals surface area (Å²) < 4.78 is 4.95. The molecule has 2 N–H and O–H groups in total. The van der Waals surface area contributed by atoms with Gasteiger partial charge in [-0.15, -0.1) is 6.42 Å². The minimum atomic E-state index is 0.572. The zero-order valence-electron chi connectivity index (χ0n) is 6.29. The molecule has 2 heteroatoms. The largest absolute Gasteiger partial charge is 0.495 e. The molecule has 0 unspecified atom stereocenters. The number of benzene rings is 1. The lowest BCUT2D eigenvalue weighted by molar-refractivity contribution is 0.417. The van der Waals surface area contributed by atoms with Crippen LogP contribution < -0.4 is 10.5 Å². The Balaban J connectivity index is 3.12. The molecule has 56 valence electrons. The number of ether oxygens (including phenoxy) is 1. The molecule has 0 spiro atoms.